The van der Waals surface area contributed by atoms with Gasteiger partial charge in [-0.15, -0.1) is 0 Å². The number of pyridine rings is 1. The van der Waals surface area contributed by atoms with Crippen molar-refractivity contribution in [2.75, 3.05) is 31.2 Å². The lowest BCUT2D eigenvalue weighted by molar-refractivity contribution is 0.122. The molecule has 0 unspecified atom stereocenters. The first kappa shape index (κ1) is 14.0. The first-order valence-electron chi connectivity index (χ1n) is 8.65. The molecule has 2 fully saturated rings. The Kier molecular flexibility index (Phi) is 3.26. The zero-order valence-corrected chi connectivity index (χ0v) is 13.5. The molecule has 0 amide bonds. The van der Waals surface area contributed by atoms with Crippen molar-refractivity contribution in [3.05, 3.63) is 42.1 Å². The lowest BCUT2D eigenvalue weighted by Crippen LogP contribution is -2.36. The summed E-state index contributed by atoms with van der Waals surface area (Å²) in [5.41, 5.74) is 4.67. The van der Waals surface area contributed by atoms with E-state index in [1.54, 1.807) is 0 Å². The number of morpholine rings is 1. The summed E-state index contributed by atoms with van der Waals surface area (Å²) in [5.74, 6) is 1.75. The molecule has 24 heavy (non-hydrogen) atoms. The van der Waals surface area contributed by atoms with Crippen LogP contribution < -0.4 is 4.90 Å². The van der Waals surface area contributed by atoms with Gasteiger partial charge in [0.15, 0.2) is 0 Å². The zero-order valence-electron chi connectivity index (χ0n) is 13.5. The molecule has 2 aliphatic rings. The fourth-order valence-corrected chi connectivity index (χ4v) is 3.45. The topological polar surface area (TPSA) is 54.0 Å². The van der Waals surface area contributed by atoms with Crippen molar-refractivity contribution in [1.82, 2.24) is 15.2 Å². The third-order valence-corrected chi connectivity index (χ3v) is 4.99. The lowest BCUT2D eigenvalue weighted by atomic mass is 10.0. The maximum absolute atomic E-state index is 5.44. The highest BCUT2D eigenvalue weighted by atomic mass is 16.5. The number of benzene rings is 1. The minimum Gasteiger partial charge on any atom is -0.378 e. The number of rotatable bonds is 3. The highest BCUT2D eigenvalue weighted by Gasteiger charge is 2.24. The second kappa shape index (κ2) is 5.60. The summed E-state index contributed by atoms with van der Waals surface area (Å²) < 4.78 is 5.44. The van der Waals surface area contributed by atoms with Gasteiger partial charge in [0, 0.05) is 30.2 Å². The molecule has 1 saturated heterocycles. The molecule has 122 valence electrons. The first-order chi connectivity index (χ1) is 11.9. The Morgan fingerprint density at radius 3 is 2.79 bits per heavy atom. The summed E-state index contributed by atoms with van der Waals surface area (Å²) in [4.78, 5) is 6.82. The summed E-state index contributed by atoms with van der Waals surface area (Å²) in [5, 5.41) is 8.95. The molecule has 3 heterocycles. The minimum absolute atomic E-state index is 0.749. The van der Waals surface area contributed by atoms with E-state index in [4.69, 9.17) is 4.74 Å². The summed E-state index contributed by atoms with van der Waals surface area (Å²) in [6, 6.07) is 10.9. The largest absolute Gasteiger partial charge is 0.378 e. The molecule has 0 bridgehead atoms. The number of H-pyrrole nitrogens is 1. The molecule has 1 saturated carbocycles. The molecule has 5 heteroatoms. The molecule has 5 nitrogen and oxygen atoms in total. The van der Waals surface area contributed by atoms with Crippen LogP contribution in [0.4, 0.5) is 5.82 Å². The predicted molar refractivity (Wildman–Crippen MR) is 94.3 cm³/mol. The fraction of sp³-hybridized carbons (Fsp3) is 0.368. The molecule has 2 aromatic heterocycles. The molecular weight excluding hydrogens is 300 g/mol. The van der Waals surface area contributed by atoms with Crippen LogP contribution in [0.15, 0.2) is 36.5 Å². The molecule has 0 spiro atoms. The Morgan fingerprint density at radius 2 is 1.96 bits per heavy atom. The standard InChI is InChI=1S/C19H20N4O/c1-2-13(1)14-3-4-17-16(11-14)19(22-21-17)15-5-6-20-18(12-15)23-7-9-24-10-8-23/h3-6,11-13H,1-2,7-10H2,(H,21,22). The van der Waals surface area contributed by atoms with Crippen LogP contribution in [0.3, 0.4) is 0 Å². The number of aromatic amines is 1. The number of aromatic nitrogens is 3. The van der Waals surface area contributed by atoms with Gasteiger partial charge in [0.1, 0.15) is 11.5 Å². The van der Waals surface area contributed by atoms with E-state index < -0.39 is 0 Å². The summed E-state index contributed by atoms with van der Waals surface area (Å²) in [6.07, 6.45) is 4.51. The zero-order chi connectivity index (χ0) is 15.9. The van der Waals surface area contributed by atoms with Crippen molar-refractivity contribution in [2.45, 2.75) is 18.8 Å². The second-order valence-corrected chi connectivity index (χ2v) is 6.65. The first-order valence-corrected chi connectivity index (χ1v) is 8.65. The van der Waals surface area contributed by atoms with Crippen LogP contribution in [-0.2, 0) is 4.74 Å². The van der Waals surface area contributed by atoms with Crippen molar-refractivity contribution >= 4 is 16.7 Å². The third-order valence-electron chi connectivity index (χ3n) is 4.99. The maximum atomic E-state index is 5.44. The van der Waals surface area contributed by atoms with Crippen molar-refractivity contribution in [3.8, 4) is 11.3 Å². The Labute approximate surface area is 140 Å². The Hall–Kier alpha value is -2.40. The summed E-state index contributed by atoms with van der Waals surface area (Å²) in [6.45, 7) is 3.32. The third kappa shape index (κ3) is 2.45. The molecule has 1 aromatic carbocycles. The molecule has 3 aromatic rings. The summed E-state index contributed by atoms with van der Waals surface area (Å²) in [7, 11) is 0. The summed E-state index contributed by atoms with van der Waals surface area (Å²) >= 11 is 0. The number of nitrogens with one attached hydrogen (secondary N) is 1. The van der Waals surface area contributed by atoms with Crippen LogP contribution in [-0.4, -0.2) is 41.5 Å². The van der Waals surface area contributed by atoms with E-state index in [0.717, 1.165) is 54.8 Å². The highest BCUT2D eigenvalue weighted by molar-refractivity contribution is 5.93. The quantitative estimate of drug-likeness (QED) is 0.804. The van der Waals surface area contributed by atoms with Gasteiger partial charge >= 0.3 is 0 Å². The average molecular weight is 320 g/mol. The van der Waals surface area contributed by atoms with E-state index in [2.05, 4.69) is 44.3 Å². The van der Waals surface area contributed by atoms with Gasteiger partial charge in [-0.2, -0.15) is 5.10 Å². The van der Waals surface area contributed by atoms with Crippen LogP contribution in [0.25, 0.3) is 22.2 Å². The molecule has 1 aliphatic heterocycles. The predicted octanol–water partition coefficient (Wildman–Crippen LogP) is 3.34. The average Bonchev–Trinajstić information content (AvgIpc) is 3.42. The number of nitrogens with zero attached hydrogens (tertiary/aromatic N) is 3. The van der Waals surface area contributed by atoms with Gasteiger partial charge in [-0.1, -0.05) is 6.07 Å². The minimum atomic E-state index is 0.749. The van der Waals surface area contributed by atoms with E-state index in [-0.39, 0.29) is 0 Å². The van der Waals surface area contributed by atoms with Crippen LogP contribution in [0.2, 0.25) is 0 Å². The molecule has 5 rings (SSSR count). The Bertz CT molecular complexity index is 878. The normalized spacial score (nSPS) is 18.2. The van der Waals surface area contributed by atoms with Crippen LogP contribution in [0, 0.1) is 0 Å². The number of anilines is 1. The van der Waals surface area contributed by atoms with Crippen LogP contribution >= 0.6 is 0 Å². The van der Waals surface area contributed by atoms with Crippen LogP contribution in [0.1, 0.15) is 24.3 Å². The second-order valence-electron chi connectivity index (χ2n) is 6.65. The van der Waals surface area contributed by atoms with E-state index in [0.29, 0.717) is 0 Å². The molecular formula is C19H20N4O. The smallest absolute Gasteiger partial charge is 0.129 e. The van der Waals surface area contributed by atoms with E-state index in [1.165, 1.54) is 23.8 Å². The van der Waals surface area contributed by atoms with E-state index >= 15 is 0 Å². The van der Waals surface area contributed by atoms with Crippen molar-refractivity contribution < 1.29 is 4.74 Å². The van der Waals surface area contributed by atoms with E-state index in [1.807, 2.05) is 12.3 Å². The van der Waals surface area contributed by atoms with Crippen LogP contribution in [0.5, 0.6) is 0 Å². The fourth-order valence-electron chi connectivity index (χ4n) is 3.45. The molecule has 0 radical (unpaired) electrons. The number of ether oxygens (including phenoxy) is 1. The maximum Gasteiger partial charge on any atom is 0.129 e. The van der Waals surface area contributed by atoms with Crippen molar-refractivity contribution in [3.63, 3.8) is 0 Å². The van der Waals surface area contributed by atoms with Gasteiger partial charge in [-0.25, -0.2) is 4.98 Å². The van der Waals surface area contributed by atoms with Crippen molar-refractivity contribution in [1.29, 1.82) is 0 Å². The lowest BCUT2D eigenvalue weighted by Gasteiger charge is -2.27. The number of hydrogen-bond donors (Lipinski definition) is 1. The SMILES string of the molecule is c1cc(-c2n[nH]c3ccc(C4CC4)cc23)cc(N2CCOCC2)n1. The van der Waals surface area contributed by atoms with Gasteiger partial charge in [-0.3, -0.25) is 5.10 Å². The van der Waals surface area contributed by atoms with Crippen molar-refractivity contribution in [2.24, 2.45) is 0 Å². The van der Waals surface area contributed by atoms with Gasteiger partial charge in [0.2, 0.25) is 0 Å². The monoisotopic (exact) mass is 320 g/mol. The highest BCUT2D eigenvalue weighted by Crippen LogP contribution is 2.41. The van der Waals surface area contributed by atoms with Gasteiger partial charge in [0.05, 0.1) is 18.7 Å². The number of fused-ring (bicyclic) bond motifs is 1. The Morgan fingerprint density at radius 1 is 1.08 bits per heavy atom. The van der Waals surface area contributed by atoms with Gasteiger partial charge < -0.3 is 9.64 Å². The molecule has 1 aliphatic carbocycles. The van der Waals surface area contributed by atoms with Gasteiger partial charge in [-0.05, 0) is 48.6 Å². The molecule has 1 N–H and O–H groups in total. The number of hydrogen-bond acceptors (Lipinski definition) is 4. The molecule has 0 atom stereocenters. The Balaban J connectivity index is 1.55. The van der Waals surface area contributed by atoms with E-state index in [9.17, 15) is 0 Å². The van der Waals surface area contributed by atoms with Gasteiger partial charge in [0.25, 0.3) is 0 Å².